The number of nitrogens with one attached hydrogen (secondary N) is 1. The van der Waals surface area contributed by atoms with E-state index in [-0.39, 0.29) is 0 Å². The molecule has 15 heavy (non-hydrogen) atoms. The van der Waals surface area contributed by atoms with Gasteiger partial charge in [-0.15, -0.1) is 11.3 Å². The lowest BCUT2D eigenvalue weighted by Gasteiger charge is -2.26. The highest BCUT2D eigenvalue weighted by Gasteiger charge is 2.17. The molecule has 1 fully saturated rings. The Balaban J connectivity index is 1.91. The van der Waals surface area contributed by atoms with Crippen molar-refractivity contribution in [3.63, 3.8) is 0 Å². The second-order valence-corrected chi connectivity index (χ2v) is 6.37. The van der Waals surface area contributed by atoms with Gasteiger partial charge in [-0.05, 0) is 49.5 Å². The third kappa shape index (κ3) is 2.99. The fourth-order valence-corrected chi connectivity index (χ4v) is 4.16. The number of rotatable bonds is 3. The highest BCUT2D eigenvalue weighted by molar-refractivity contribution is 7.99. The van der Waals surface area contributed by atoms with Gasteiger partial charge in [0.15, 0.2) is 0 Å². The number of hydrogen-bond acceptors (Lipinski definition) is 3. The number of aryl methyl sites for hydroxylation is 1. The molecule has 1 nitrogen and oxygen atoms in total. The molecule has 1 aliphatic heterocycles. The van der Waals surface area contributed by atoms with Crippen LogP contribution in [0.4, 0.5) is 0 Å². The SMILES string of the molecule is Cc1ccsc1C(C)NC1CCCSC1. The summed E-state index contributed by atoms with van der Waals surface area (Å²) in [6.45, 7) is 4.50. The summed E-state index contributed by atoms with van der Waals surface area (Å²) in [4.78, 5) is 1.51. The van der Waals surface area contributed by atoms with Crippen molar-refractivity contribution in [2.75, 3.05) is 11.5 Å². The Hall–Kier alpha value is 0.01000. The minimum absolute atomic E-state index is 0.522. The van der Waals surface area contributed by atoms with Crippen molar-refractivity contribution in [3.8, 4) is 0 Å². The molecular weight excluding hydrogens is 222 g/mol. The van der Waals surface area contributed by atoms with Crippen molar-refractivity contribution in [2.45, 2.75) is 38.8 Å². The minimum Gasteiger partial charge on any atom is -0.306 e. The van der Waals surface area contributed by atoms with Gasteiger partial charge in [0, 0.05) is 22.7 Å². The van der Waals surface area contributed by atoms with Gasteiger partial charge >= 0.3 is 0 Å². The summed E-state index contributed by atoms with van der Waals surface area (Å²) in [5.74, 6) is 2.64. The summed E-state index contributed by atoms with van der Waals surface area (Å²) in [5, 5.41) is 5.94. The lowest BCUT2D eigenvalue weighted by molar-refractivity contribution is 0.455. The summed E-state index contributed by atoms with van der Waals surface area (Å²) >= 11 is 3.96. The molecule has 2 unspecified atom stereocenters. The van der Waals surface area contributed by atoms with E-state index >= 15 is 0 Å². The van der Waals surface area contributed by atoms with Crippen molar-refractivity contribution < 1.29 is 0 Å². The maximum atomic E-state index is 3.75. The number of thioether (sulfide) groups is 1. The average molecular weight is 241 g/mol. The monoisotopic (exact) mass is 241 g/mol. The Morgan fingerprint density at radius 3 is 3.00 bits per heavy atom. The molecule has 0 amide bonds. The molecule has 0 saturated carbocycles. The van der Waals surface area contributed by atoms with Crippen LogP contribution in [0.25, 0.3) is 0 Å². The molecule has 2 heterocycles. The van der Waals surface area contributed by atoms with E-state index in [2.05, 4.69) is 42.4 Å². The molecule has 1 N–H and O–H groups in total. The third-order valence-electron chi connectivity index (χ3n) is 2.94. The van der Waals surface area contributed by atoms with E-state index in [9.17, 15) is 0 Å². The summed E-state index contributed by atoms with van der Waals surface area (Å²) in [5.41, 5.74) is 1.43. The number of thiophene rings is 1. The lowest BCUT2D eigenvalue weighted by Crippen LogP contribution is -2.35. The molecule has 84 valence electrons. The van der Waals surface area contributed by atoms with E-state index in [0.29, 0.717) is 6.04 Å². The van der Waals surface area contributed by atoms with Gasteiger partial charge in [0.05, 0.1) is 0 Å². The third-order valence-corrected chi connectivity index (χ3v) is 5.36. The van der Waals surface area contributed by atoms with Crippen LogP contribution in [0.2, 0.25) is 0 Å². The fourth-order valence-electron chi connectivity index (χ4n) is 2.13. The predicted octanol–water partition coefficient (Wildman–Crippen LogP) is 3.60. The topological polar surface area (TPSA) is 12.0 Å². The van der Waals surface area contributed by atoms with E-state index in [1.165, 1.54) is 34.8 Å². The molecule has 1 saturated heterocycles. The molecule has 3 heteroatoms. The van der Waals surface area contributed by atoms with Crippen molar-refractivity contribution in [1.29, 1.82) is 0 Å². The van der Waals surface area contributed by atoms with E-state index in [1.807, 2.05) is 11.3 Å². The summed E-state index contributed by atoms with van der Waals surface area (Å²) < 4.78 is 0. The summed E-state index contributed by atoms with van der Waals surface area (Å²) in [7, 11) is 0. The van der Waals surface area contributed by atoms with Crippen molar-refractivity contribution in [3.05, 3.63) is 21.9 Å². The Morgan fingerprint density at radius 1 is 1.53 bits per heavy atom. The van der Waals surface area contributed by atoms with Gasteiger partial charge in [-0.3, -0.25) is 0 Å². The van der Waals surface area contributed by atoms with Crippen LogP contribution >= 0.6 is 23.1 Å². The molecule has 2 rings (SSSR count). The molecule has 0 spiro atoms. The summed E-state index contributed by atoms with van der Waals surface area (Å²) in [6.07, 6.45) is 2.72. The Labute approximate surface area is 101 Å². The lowest BCUT2D eigenvalue weighted by atomic mass is 10.1. The maximum Gasteiger partial charge on any atom is 0.0391 e. The molecule has 1 aliphatic rings. The minimum atomic E-state index is 0.522. The molecule has 0 aromatic carbocycles. The molecule has 1 aromatic heterocycles. The van der Waals surface area contributed by atoms with Crippen LogP contribution in [-0.2, 0) is 0 Å². The van der Waals surface area contributed by atoms with Gasteiger partial charge in [0.1, 0.15) is 0 Å². The second kappa shape index (κ2) is 5.37. The van der Waals surface area contributed by atoms with Crippen LogP contribution in [-0.4, -0.2) is 17.5 Å². The number of hydrogen-bond donors (Lipinski definition) is 1. The predicted molar refractivity (Wildman–Crippen MR) is 71.0 cm³/mol. The largest absolute Gasteiger partial charge is 0.306 e. The van der Waals surface area contributed by atoms with E-state index < -0.39 is 0 Å². The first-order valence-electron chi connectivity index (χ1n) is 5.65. The Bertz CT molecular complexity index is 302. The molecule has 0 bridgehead atoms. The first-order valence-corrected chi connectivity index (χ1v) is 7.68. The van der Waals surface area contributed by atoms with Gasteiger partial charge in [-0.2, -0.15) is 11.8 Å². The van der Waals surface area contributed by atoms with Gasteiger partial charge in [-0.25, -0.2) is 0 Å². The second-order valence-electron chi connectivity index (χ2n) is 4.27. The van der Waals surface area contributed by atoms with Gasteiger partial charge in [0.2, 0.25) is 0 Å². The molecule has 0 aliphatic carbocycles. The smallest absolute Gasteiger partial charge is 0.0391 e. The normalized spacial score (nSPS) is 24.0. The first-order chi connectivity index (χ1) is 7.27. The van der Waals surface area contributed by atoms with Crippen LogP contribution < -0.4 is 5.32 Å². The van der Waals surface area contributed by atoms with Crippen LogP contribution in [0, 0.1) is 6.92 Å². The van der Waals surface area contributed by atoms with E-state index in [4.69, 9.17) is 0 Å². The zero-order valence-electron chi connectivity index (χ0n) is 9.45. The van der Waals surface area contributed by atoms with Crippen LogP contribution in [0.5, 0.6) is 0 Å². The zero-order chi connectivity index (χ0) is 10.7. The Morgan fingerprint density at radius 2 is 2.40 bits per heavy atom. The van der Waals surface area contributed by atoms with Crippen molar-refractivity contribution in [2.24, 2.45) is 0 Å². The zero-order valence-corrected chi connectivity index (χ0v) is 11.1. The van der Waals surface area contributed by atoms with E-state index in [1.54, 1.807) is 0 Å². The van der Waals surface area contributed by atoms with Gasteiger partial charge < -0.3 is 5.32 Å². The van der Waals surface area contributed by atoms with Crippen LogP contribution in [0.15, 0.2) is 11.4 Å². The highest BCUT2D eigenvalue weighted by atomic mass is 32.2. The molecule has 2 atom stereocenters. The molecular formula is C12H19NS2. The maximum absolute atomic E-state index is 3.75. The molecule has 0 radical (unpaired) electrons. The standard InChI is InChI=1S/C12H19NS2/c1-9-5-7-15-12(9)10(2)13-11-4-3-6-14-8-11/h5,7,10-11,13H,3-4,6,8H2,1-2H3. The quantitative estimate of drug-likeness (QED) is 0.868. The summed E-state index contributed by atoms with van der Waals surface area (Å²) in [6, 6.07) is 3.46. The van der Waals surface area contributed by atoms with Crippen LogP contribution in [0.3, 0.4) is 0 Å². The van der Waals surface area contributed by atoms with Crippen molar-refractivity contribution >= 4 is 23.1 Å². The van der Waals surface area contributed by atoms with Crippen LogP contribution in [0.1, 0.15) is 36.2 Å². The average Bonchev–Trinajstić information content (AvgIpc) is 2.66. The fraction of sp³-hybridized carbons (Fsp3) is 0.667. The van der Waals surface area contributed by atoms with E-state index in [0.717, 1.165) is 6.04 Å². The Kier molecular flexibility index (Phi) is 4.12. The van der Waals surface area contributed by atoms with Crippen molar-refractivity contribution in [1.82, 2.24) is 5.32 Å². The van der Waals surface area contributed by atoms with Gasteiger partial charge in [-0.1, -0.05) is 0 Å². The first kappa shape index (κ1) is 11.5. The highest BCUT2D eigenvalue weighted by Crippen LogP contribution is 2.26. The molecule has 1 aromatic rings. The van der Waals surface area contributed by atoms with Gasteiger partial charge in [0.25, 0.3) is 0 Å².